The Balaban J connectivity index is 1.75. The molecule has 0 saturated carbocycles. The van der Waals surface area contributed by atoms with Crippen LogP contribution in [0.25, 0.3) is 0 Å². The SMILES string of the molecule is Cc1cc(C(CC2Cc3ccccc32)NN)sc1Br. The van der Waals surface area contributed by atoms with Gasteiger partial charge < -0.3 is 0 Å². The maximum Gasteiger partial charge on any atom is 0.0731 e. The second-order valence-electron chi connectivity index (χ2n) is 5.16. The maximum absolute atomic E-state index is 5.75. The Morgan fingerprint density at radius 3 is 2.89 bits per heavy atom. The Morgan fingerprint density at radius 2 is 2.26 bits per heavy atom. The van der Waals surface area contributed by atoms with Gasteiger partial charge in [0.1, 0.15) is 0 Å². The van der Waals surface area contributed by atoms with Gasteiger partial charge in [-0.15, -0.1) is 11.3 Å². The lowest BCUT2D eigenvalue weighted by atomic mass is 9.74. The number of rotatable bonds is 4. The summed E-state index contributed by atoms with van der Waals surface area (Å²) in [6.07, 6.45) is 2.25. The van der Waals surface area contributed by atoms with Gasteiger partial charge in [0.15, 0.2) is 0 Å². The summed E-state index contributed by atoms with van der Waals surface area (Å²) in [4.78, 5) is 1.32. The van der Waals surface area contributed by atoms with E-state index >= 15 is 0 Å². The van der Waals surface area contributed by atoms with Crippen LogP contribution in [0, 0.1) is 6.92 Å². The summed E-state index contributed by atoms with van der Waals surface area (Å²) in [7, 11) is 0. The average Bonchev–Trinajstić information content (AvgIpc) is 2.71. The van der Waals surface area contributed by atoms with Crippen molar-refractivity contribution in [1.29, 1.82) is 0 Å². The van der Waals surface area contributed by atoms with Crippen molar-refractivity contribution in [2.24, 2.45) is 5.84 Å². The first-order valence-electron chi connectivity index (χ1n) is 6.48. The van der Waals surface area contributed by atoms with Gasteiger partial charge in [-0.2, -0.15) is 0 Å². The van der Waals surface area contributed by atoms with Crippen molar-refractivity contribution in [3.63, 3.8) is 0 Å². The Kier molecular flexibility index (Phi) is 3.76. The zero-order valence-electron chi connectivity index (χ0n) is 10.8. The molecule has 4 heteroatoms. The summed E-state index contributed by atoms with van der Waals surface area (Å²) in [6.45, 7) is 2.12. The molecule has 0 aliphatic heterocycles. The molecule has 1 aromatic heterocycles. The number of hydrogen-bond acceptors (Lipinski definition) is 3. The quantitative estimate of drug-likeness (QED) is 0.652. The summed E-state index contributed by atoms with van der Waals surface area (Å²) < 4.78 is 1.21. The van der Waals surface area contributed by atoms with Gasteiger partial charge in [-0.25, -0.2) is 0 Å². The first kappa shape index (κ1) is 13.3. The second-order valence-corrected chi connectivity index (χ2v) is 7.56. The van der Waals surface area contributed by atoms with Crippen LogP contribution in [0.1, 0.15) is 39.9 Å². The number of thiophene rings is 1. The normalized spacial score (nSPS) is 18.8. The third-order valence-electron chi connectivity index (χ3n) is 3.90. The second kappa shape index (κ2) is 5.37. The molecular weight excluding hydrogens is 320 g/mol. The molecule has 3 N–H and O–H groups in total. The molecule has 0 amide bonds. The Hall–Kier alpha value is -0.680. The standard InChI is InChI=1S/C15H17BrN2S/c1-9-6-14(19-15(9)16)13(18-17)8-11-7-10-4-2-3-5-12(10)11/h2-6,11,13,18H,7-8,17H2,1H3. The van der Waals surface area contributed by atoms with E-state index in [-0.39, 0.29) is 6.04 Å². The number of nitrogens with two attached hydrogens (primary N) is 1. The highest BCUT2D eigenvalue weighted by Crippen LogP contribution is 2.42. The minimum absolute atomic E-state index is 0.244. The van der Waals surface area contributed by atoms with E-state index in [2.05, 4.69) is 58.6 Å². The topological polar surface area (TPSA) is 38.0 Å². The van der Waals surface area contributed by atoms with Crippen molar-refractivity contribution < 1.29 is 0 Å². The van der Waals surface area contributed by atoms with E-state index < -0.39 is 0 Å². The number of hydrogen-bond donors (Lipinski definition) is 2. The highest BCUT2D eigenvalue weighted by molar-refractivity contribution is 9.11. The fourth-order valence-corrected chi connectivity index (χ4v) is 4.42. The summed E-state index contributed by atoms with van der Waals surface area (Å²) in [5, 5.41) is 0. The molecule has 2 atom stereocenters. The van der Waals surface area contributed by atoms with E-state index in [9.17, 15) is 0 Å². The molecular formula is C15H17BrN2S. The van der Waals surface area contributed by atoms with Gasteiger partial charge in [0.2, 0.25) is 0 Å². The Labute approximate surface area is 126 Å². The highest BCUT2D eigenvalue weighted by Gasteiger charge is 2.28. The lowest BCUT2D eigenvalue weighted by Crippen LogP contribution is -2.31. The van der Waals surface area contributed by atoms with Crippen molar-refractivity contribution in [1.82, 2.24) is 5.43 Å². The van der Waals surface area contributed by atoms with Gasteiger partial charge in [0.25, 0.3) is 0 Å². The van der Waals surface area contributed by atoms with E-state index in [1.165, 1.54) is 31.8 Å². The molecule has 1 aliphatic rings. The molecule has 100 valence electrons. The number of benzene rings is 1. The molecule has 0 spiro atoms. The number of nitrogens with one attached hydrogen (secondary N) is 1. The Morgan fingerprint density at radius 1 is 1.47 bits per heavy atom. The summed E-state index contributed by atoms with van der Waals surface area (Å²) in [5.74, 6) is 6.39. The van der Waals surface area contributed by atoms with Crippen LogP contribution < -0.4 is 11.3 Å². The first-order chi connectivity index (χ1) is 9.19. The average molecular weight is 337 g/mol. The lowest BCUT2D eigenvalue weighted by Gasteiger charge is -2.32. The van der Waals surface area contributed by atoms with Gasteiger partial charge in [0.05, 0.1) is 9.83 Å². The first-order valence-corrected chi connectivity index (χ1v) is 8.09. The predicted octanol–water partition coefficient (Wildman–Crippen LogP) is 4.05. The number of halogens is 1. The van der Waals surface area contributed by atoms with Gasteiger partial charge >= 0.3 is 0 Å². The van der Waals surface area contributed by atoms with Gasteiger partial charge in [0, 0.05) is 4.88 Å². The molecule has 1 aromatic carbocycles. The number of fused-ring (bicyclic) bond motifs is 1. The largest absolute Gasteiger partial charge is 0.271 e. The van der Waals surface area contributed by atoms with Crippen molar-refractivity contribution in [2.45, 2.75) is 31.7 Å². The minimum Gasteiger partial charge on any atom is -0.271 e. The number of aryl methyl sites for hydroxylation is 1. The van der Waals surface area contributed by atoms with E-state index in [4.69, 9.17) is 5.84 Å². The zero-order chi connectivity index (χ0) is 13.4. The third-order valence-corrected chi connectivity index (χ3v) is 6.15. The van der Waals surface area contributed by atoms with Crippen LogP contribution in [0.5, 0.6) is 0 Å². The third kappa shape index (κ3) is 2.50. The van der Waals surface area contributed by atoms with E-state index in [0.29, 0.717) is 5.92 Å². The zero-order valence-corrected chi connectivity index (χ0v) is 13.2. The molecule has 3 rings (SSSR count). The predicted molar refractivity (Wildman–Crippen MR) is 84.3 cm³/mol. The molecule has 19 heavy (non-hydrogen) atoms. The molecule has 2 unspecified atom stereocenters. The minimum atomic E-state index is 0.244. The molecule has 0 bridgehead atoms. The van der Waals surface area contributed by atoms with Crippen LogP contribution in [0.2, 0.25) is 0 Å². The van der Waals surface area contributed by atoms with Crippen LogP contribution >= 0.6 is 27.3 Å². The van der Waals surface area contributed by atoms with E-state index in [1.54, 1.807) is 11.3 Å². The lowest BCUT2D eigenvalue weighted by molar-refractivity contribution is 0.440. The van der Waals surface area contributed by atoms with Crippen LogP contribution in [-0.2, 0) is 6.42 Å². The molecule has 0 saturated heterocycles. The Bertz CT molecular complexity index is 574. The van der Waals surface area contributed by atoms with Crippen molar-refractivity contribution >= 4 is 27.3 Å². The fourth-order valence-electron chi connectivity index (χ4n) is 2.78. The number of hydrazine groups is 1. The fraction of sp³-hybridized carbons (Fsp3) is 0.333. The van der Waals surface area contributed by atoms with E-state index in [1.807, 2.05) is 0 Å². The molecule has 0 fully saturated rings. The van der Waals surface area contributed by atoms with Crippen LogP contribution in [0.15, 0.2) is 34.1 Å². The van der Waals surface area contributed by atoms with Gasteiger partial charge in [-0.3, -0.25) is 11.3 Å². The molecule has 1 aliphatic carbocycles. The smallest absolute Gasteiger partial charge is 0.0731 e. The van der Waals surface area contributed by atoms with Gasteiger partial charge in [-0.05, 0) is 64.4 Å². The molecule has 1 heterocycles. The monoisotopic (exact) mass is 336 g/mol. The van der Waals surface area contributed by atoms with Crippen LogP contribution in [-0.4, -0.2) is 0 Å². The van der Waals surface area contributed by atoms with Crippen molar-refractivity contribution in [3.05, 3.63) is 55.7 Å². The van der Waals surface area contributed by atoms with E-state index in [0.717, 1.165) is 6.42 Å². The van der Waals surface area contributed by atoms with Crippen LogP contribution in [0.3, 0.4) is 0 Å². The highest BCUT2D eigenvalue weighted by atomic mass is 79.9. The summed E-state index contributed by atoms with van der Waals surface area (Å²) >= 11 is 5.37. The maximum atomic E-state index is 5.75. The van der Waals surface area contributed by atoms with Crippen molar-refractivity contribution in [2.75, 3.05) is 0 Å². The van der Waals surface area contributed by atoms with Crippen LogP contribution in [0.4, 0.5) is 0 Å². The van der Waals surface area contributed by atoms with Gasteiger partial charge in [-0.1, -0.05) is 24.3 Å². The summed E-state index contributed by atoms with van der Waals surface area (Å²) in [5.41, 5.74) is 7.25. The molecule has 2 nitrogen and oxygen atoms in total. The molecule has 0 radical (unpaired) electrons. The molecule has 2 aromatic rings. The summed E-state index contributed by atoms with van der Waals surface area (Å²) in [6, 6.07) is 11.2. The van der Waals surface area contributed by atoms with Crippen molar-refractivity contribution in [3.8, 4) is 0 Å².